The van der Waals surface area contributed by atoms with Crippen LogP contribution < -0.4 is 0 Å². The van der Waals surface area contributed by atoms with Gasteiger partial charge in [0.25, 0.3) is 0 Å². The van der Waals surface area contributed by atoms with Gasteiger partial charge in [0.2, 0.25) is 0 Å². The number of rotatable bonds is 10. The Kier molecular flexibility index (Phi) is 10.6. The van der Waals surface area contributed by atoms with Gasteiger partial charge < -0.3 is 0 Å². The number of aliphatic imine (C=N–C) groups is 1. The zero-order valence-corrected chi connectivity index (χ0v) is 37.3. The van der Waals surface area contributed by atoms with Crippen molar-refractivity contribution >= 4 is 11.4 Å². The molecule has 12 rings (SSSR count). The van der Waals surface area contributed by atoms with Crippen LogP contribution in [0.1, 0.15) is 17.5 Å². The molecular formula is C63H45N5. The van der Waals surface area contributed by atoms with E-state index >= 15 is 0 Å². The first-order valence-electron chi connectivity index (χ1n) is 23.2. The summed E-state index contributed by atoms with van der Waals surface area (Å²) in [6.07, 6.45) is 9.83. The second kappa shape index (κ2) is 17.8. The van der Waals surface area contributed by atoms with Crippen LogP contribution in [0, 0.1) is 5.92 Å². The number of aromatic nitrogens is 4. The first-order chi connectivity index (χ1) is 33.7. The Bertz CT molecular complexity index is 3510. The van der Waals surface area contributed by atoms with Gasteiger partial charge in [0.15, 0.2) is 0 Å². The van der Waals surface area contributed by atoms with E-state index in [1.807, 2.05) is 0 Å². The van der Waals surface area contributed by atoms with Crippen LogP contribution >= 0.6 is 0 Å². The van der Waals surface area contributed by atoms with Crippen LogP contribution in [0.15, 0.2) is 265 Å². The normalized spacial score (nSPS) is 14.2. The van der Waals surface area contributed by atoms with Gasteiger partial charge in [-0.2, -0.15) is 0 Å². The van der Waals surface area contributed by atoms with Crippen LogP contribution in [0.5, 0.6) is 0 Å². The van der Waals surface area contributed by atoms with E-state index < -0.39 is 0 Å². The second-order valence-electron chi connectivity index (χ2n) is 17.1. The van der Waals surface area contributed by atoms with Crippen molar-refractivity contribution in [3.8, 4) is 79.2 Å². The van der Waals surface area contributed by atoms with Crippen LogP contribution in [-0.2, 0) is 0 Å². The zero-order chi connectivity index (χ0) is 45.2. The van der Waals surface area contributed by atoms with E-state index in [1.54, 1.807) is 0 Å². The molecule has 0 spiro atoms. The average molecular weight is 872 g/mol. The largest absolute Gasteiger partial charge is 0.292 e. The summed E-state index contributed by atoms with van der Waals surface area (Å²) in [5.74, 6) is 1.93. The van der Waals surface area contributed by atoms with Crippen molar-refractivity contribution in [2.24, 2.45) is 10.9 Å². The predicted molar refractivity (Wildman–Crippen MR) is 280 cm³/mol. The molecule has 0 saturated heterocycles. The van der Waals surface area contributed by atoms with Crippen LogP contribution in [0.3, 0.4) is 0 Å². The van der Waals surface area contributed by atoms with Gasteiger partial charge in [-0.15, -0.1) is 0 Å². The fourth-order valence-corrected chi connectivity index (χ4v) is 9.66. The van der Waals surface area contributed by atoms with E-state index in [0.717, 1.165) is 108 Å². The topological polar surface area (TPSA) is 48.0 Å². The number of imidazole rings is 2. The molecule has 8 aromatic carbocycles. The first-order valence-corrected chi connectivity index (χ1v) is 23.2. The molecule has 1 unspecified atom stereocenters. The summed E-state index contributed by atoms with van der Waals surface area (Å²) < 4.78 is 4.62. The number of benzene rings is 8. The van der Waals surface area contributed by atoms with Gasteiger partial charge in [-0.25, -0.2) is 9.97 Å². The van der Waals surface area contributed by atoms with Crippen LogP contribution in [-0.4, -0.2) is 24.8 Å². The number of hydrogen-bond acceptors (Lipinski definition) is 3. The second-order valence-corrected chi connectivity index (χ2v) is 17.1. The average Bonchev–Trinajstić information content (AvgIpc) is 4.03. The van der Waals surface area contributed by atoms with Gasteiger partial charge in [0.05, 0.1) is 34.2 Å². The molecular weight excluding hydrogens is 827 g/mol. The highest BCUT2D eigenvalue weighted by atomic mass is 15.1. The van der Waals surface area contributed by atoms with E-state index in [-0.39, 0.29) is 5.92 Å². The van der Waals surface area contributed by atoms with Crippen molar-refractivity contribution in [3.63, 3.8) is 0 Å². The minimum atomic E-state index is 0.149. The quantitative estimate of drug-likeness (QED) is 0.137. The fourth-order valence-electron chi connectivity index (χ4n) is 9.66. The van der Waals surface area contributed by atoms with Crippen molar-refractivity contribution in [1.29, 1.82) is 0 Å². The molecule has 1 atom stereocenters. The Balaban J connectivity index is 0.954. The molecule has 5 heteroatoms. The zero-order valence-electron chi connectivity index (χ0n) is 37.3. The van der Waals surface area contributed by atoms with Gasteiger partial charge in [-0.05, 0) is 47.9 Å². The maximum absolute atomic E-state index is 5.52. The number of nitrogens with zero attached hydrogens (tertiary/aromatic N) is 5. The third kappa shape index (κ3) is 7.56. The summed E-state index contributed by atoms with van der Waals surface area (Å²) >= 11 is 0. The summed E-state index contributed by atoms with van der Waals surface area (Å²) in [6.45, 7) is 0. The molecule has 10 aromatic rings. The molecule has 2 aliphatic rings. The Morgan fingerprint density at radius 2 is 0.750 bits per heavy atom. The van der Waals surface area contributed by atoms with E-state index in [9.17, 15) is 0 Å². The monoisotopic (exact) mass is 871 g/mol. The number of hydrogen-bond donors (Lipinski definition) is 0. The van der Waals surface area contributed by atoms with E-state index in [4.69, 9.17) is 15.0 Å². The van der Waals surface area contributed by atoms with E-state index in [2.05, 4.69) is 264 Å². The molecule has 0 amide bonds. The number of fused-ring (bicyclic) bond motifs is 1. The smallest absolute Gasteiger partial charge is 0.145 e. The summed E-state index contributed by atoms with van der Waals surface area (Å²) in [5.41, 5.74) is 17.9. The van der Waals surface area contributed by atoms with E-state index in [1.165, 1.54) is 5.57 Å². The van der Waals surface area contributed by atoms with Crippen molar-refractivity contribution in [2.75, 3.05) is 0 Å². The lowest BCUT2D eigenvalue weighted by Gasteiger charge is -2.27. The number of allylic oxidation sites excluding steroid dienone is 5. The van der Waals surface area contributed by atoms with Crippen LogP contribution in [0.2, 0.25) is 0 Å². The Hall–Kier alpha value is -8.93. The Morgan fingerprint density at radius 1 is 0.368 bits per heavy atom. The van der Waals surface area contributed by atoms with Gasteiger partial charge in [-0.3, -0.25) is 14.1 Å². The molecule has 0 saturated carbocycles. The first kappa shape index (κ1) is 40.6. The van der Waals surface area contributed by atoms with E-state index in [0.29, 0.717) is 0 Å². The van der Waals surface area contributed by atoms with Gasteiger partial charge >= 0.3 is 0 Å². The Labute approximate surface area is 396 Å². The lowest BCUT2D eigenvalue weighted by atomic mass is 9.81. The van der Waals surface area contributed by atoms with Crippen molar-refractivity contribution in [3.05, 3.63) is 272 Å². The van der Waals surface area contributed by atoms with Gasteiger partial charge in [0.1, 0.15) is 11.6 Å². The molecule has 0 fully saturated rings. The third-order valence-corrected chi connectivity index (χ3v) is 12.9. The summed E-state index contributed by atoms with van der Waals surface area (Å²) in [5, 5.41) is 0. The molecule has 0 N–H and O–H groups in total. The molecule has 2 aromatic heterocycles. The Morgan fingerprint density at radius 3 is 1.18 bits per heavy atom. The minimum absolute atomic E-state index is 0.149. The molecule has 322 valence electrons. The molecule has 3 heterocycles. The molecule has 0 radical (unpaired) electrons. The van der Waals surface area contributed by atoms with Crippen LogP contribution in [0.4, 0.5) is 0 Å². The lowest BCUT2D eigenvalue weighted by molar-refractivity contribution is 0.823. The van der Waals surface area contributed by atoms with Crippen molar-refractivity contribution in [2.45, 2.75) is 6.42 Å². The third-order valence-electron chi connectivity index (χ3n) is 12.9. The predicted octanol–water partition coefficient (Wildman–Crippen LogP) is 15.4. The fraction of sp³-hybridized carbons (Fsp3) is 0.0317. The highest BCUT2D eigenvalue weighted by Crippen LogP contribution is 2.42. The van der Waals surface area contributed by atoms with Crippen molar-refractivity contribution in [1.82, 2.24) is 19.1 Å². The van der Waals surface area contributed by atoms with Crippen molar-refractivity contribution < 1.29 is 0 Å². The minimum Gasteiger partial charge on any atom is -0.292 e. The summed E-state index contributed by atoms with van der Waals surface area (Å²) in [4.78, 5) is 16.3. The SMILES string of the molecule is C1=CCC2C(=C1)C=C(c1ccc(-n3c(-c4ccccc4)nc(-c4ccccc4)c3-c3ccccc3)cc1)N=C2c1ccc(-n2c(-c3ccccc3)nc(-c3ccccc3)c2-c2ccccc2)cc1. The molecule has 1 aliphatic carbocycles. The maximum atomic E-state index is 5.52. The van der Waals surface area contributed by atoms with Gasteiger partial charge in [-0.1, -0.05) is 224 Å². The highest BCUT2D eigenvalue weighted by Gasteiger charge is 2.28. The molecule has 5 nitrogen and oxygen atoms in total. The standard InChI is InChI=1S/C63H45N5/c1-7-21-45(22-8-1)58-60(48-25-11-3-12-26-48)67(62(65-58)50-29-15-5-16-30-50)53-39-35-44(36-40-53)56-43-52-33-19-20-34-55(52)57(64-56)47-37-41-54(42-38-47)68-61(49-27-13-4-14-28-49)59(46-23-9-2-10-24-46)66-63(68)51-31-17-6-18-32-51/h1-33,35-43,55H,34H2. The van der Waals surface area contributed by atoms with Crippen LogP contribution in [0.25, 0.3) is 84.9 Å². The summed E-state index contributed by atoms with van der Waals surface area (Å²) in [6, 6.07) is 80.9. The molecule has 68 heavy (non-hydrogen) atoms. The molecule has 0 bridgehead atoms. The van der Waals surface area contributed by atoms with Gasteiger partial charge in [0, 0.05) is 56.2 Å². The summed E-state index contributed by atoms with van der Waals surface area (Å²) in [7, 11) is 0. The maximum Gasteiger partial charge on any atom is 0.145 e. The lowest BCUT2D eigenvalue weighted by Crippen LogP contribution is -2.21. The highest BCUT2D eigenvalue weighted by molar-refractivity contribution is 6.09. The molecule has 1 aliphatic heterocycles.